The third kappa shape index (κ3) is 2.29. The van der Waals surface area contributed by atoms with Gasteiger partial charge in [-0.2, -0.15) is 0 Å². The highest BCUT2D eigenvalue weighted by molar-refractivity contribution is 7.71. The Morgan fingerprint density at radius 1 is 1.56 bits per heavy atom. The van der Waals surface area contributed by atoms with Crippen LogP contribution in [0.5, 0.6) is 0 Å². The molecule has 1 aromatic heterocycles. The first kappa shape index (κ1) is 11.6. The minimum absolute atomic E-state index is 0.586. The van der Waals surface area contributed by atoms with Gasteiger partial charge >= 0.3 is 0 Å². The lowest BCUT2D eigenvalue weighted by atomic mass is 10.2. The van der Waals surface area contributed by atoms with Gasteiger partial charge in [-0.1, -0.05) is 13.8 Å². The molecule has 4 nitrogen and oxygen atoms in total. The van der Waals surface area contributed by atoms with E-state index in [1.54, 1.807) is 0 Å². The molecule has 1 heterocycles. The van der Waals surface area contributed by atoms with Gasteiger partial charge in [0.2, 0.25) is 5.95 Å². The number of hydrogen-bond acceptors (Lipinski definition) is 3. The molecule has 1 fully saturated rings. The van der Waals surface area contributed by atoms with Gasteiger partial charge in [0.15, 0.2) is 4.77 Å². The summed E-state index contributed by atoms with van der Waals surface area (Å²) in [5, 5.41) is 7.29. The topological polar surface area (TPSA) is 36.9 Å². The second-order valence-electron chi connectivity index (χ2n) is 4.86. The zero-order chi connectivity index (χ0) is 11.7. The third-order valence-electron chi connectivity index (χ3n) is 2.85. The average Bonchev–Trinajstić information content (AvgIpc) is 2.99. The lowest BCUT2D eigenvalue weighted by Gasteiger charge is -2.24. The van der Waals surface area contributed by atoms with Crippen molar-refractivity contribution in [3.05, 3.63) is 4.77 Å². The summed E-state index contributed by atoms with van der Waals surface area (Å²) in [6.45, 7) is 8.63. The fraction of sp³-hybridized carbons (Fsp3) is 0.818. The molecule has 1 aliphatic carbocycles. The van der Waals surface area contributed by atoms with Crippen LogP contribution in [0.25, 0.3) is 0 Å². The first-order valence-electron chi connectivity index (χ1n) is 6.05. The molecule has 1 saturated carbocycles. The molecular formula is C11H20N4S. The Morgan fingerprint density at radius 2 is 2.25 bits per heavy atom. The number of aromatic nitrogens is 3. The van der Waals surface area contributed by atoms with E-state index in [1.165, 1.54) is 12.8 Å². The van der Waals surface area contributed by atoms with E-state index in [-0.39, 0.29) is 0 Å². The van der Waals surface area contributed by atoms with Crippen LogP contribution in [0, 0.1) is 10.7 Å². The molecule has 0 bridgehead atoms. The normalized spacial score (nSPS) is 15.8. The van der Waals surface area contributed by atoms with Gasteiger partial charge in [0.1, 0.15) is 0 Å². The van der Waals surface area contributed by atoms with Gasteiger partial charge in [0.05, 0.1) is 0 Å². The minimum Gasteiger partial charge on any atom is -0.341 e. The van der Waals surface area contributed by atoms with Gasteiger partial charge in [-0.25, -0.2) is 5.10 Å². The highest BCUT2D eigenvalue weighted by atomic mass is 32.1. The van der Waals surface area contributed by atoms with E-state index in [0.29, 0.717) is 12.0 Å². The molecular weight excluding hydrogens is 220 g/mol. The van der Waals surface area contributed by atoms with Crippen molar-refractivity contribution in [3.63, 3.8) is 0 Å². The molecule has 1 aliphatic rings. The van der Waals surface area contributed by atoms with E-state index in [4.69, 9.17) is 12.2 Å². The third-order valence-corrected chi connectivity index (χ3v) is 3.14. The Labute approximate surface area is 102 Å². The second kappa shape index (κ2) is 4.57. The van der Waals surface area contributed by atoms with E-state index in [1.807, 2.05) is 0 Å². The molecule has 1 aromatic rings. The maximum absolute atomic E-state index is 5.29. The molecule has 5 heteroatoms. The molecule has 0 atom stereocenters. The first-order chi connectivity index (χ1) is 7.63. The number of H-pyrrole nitrogens is 1. The quantitative estimate of drug-likeness (QED) is 0.804. The maximum atomic E-state index is 5.29. The van der Waals surface area contributed by atoms with Crippen LogP contribution in [0.15, 0.2) is 0 Å². The van der Waals surface area contributed by atoms with Gasteiger partial charge in [0, 0.05) is 19.1 Å². The summed E-state index contributed by atoms with van der Waals surface area (Å²) >= 11 is 5.29. The van der Waals surface area contributed by atoms with E-state index >= 15 is 0 Å². The van der Waals surface area contributed by atoms with Crippen LogP contribution in [0.2, 0.25) is 0 Å². The lowest BCUT2D eigenvalue weighted by Crippen LogP contribution is -2.30. The van der Waals surface area contributed by atoms with Gasteiger partial charge in [-0.15, -0.1) is 5.10 Å². The highest BCUT2D eigenvalue weighted by Crippen LogP contribution is 2.37. The summed E-state index contributed by atoms with van der Waals surface area (Å²) in [6.07, 6.45) is 2.47. The number of anilines is 1. The Kier molecular flexibility index (Phi) is 3.33. The van der Waals surface area contributed by atoms with Crippen LogP contribution in [-0.4, -0.2) is 27.9 Å². The summed E-state index contributed by atoms with van der Waals surface area (Å²) in [5.74, 6) is 1.65. The van der Waals surface area contributed by atoms with Crippen molar-refractivity contribution in [2.24, 2.45) is 5.92 Å². The van der Waals surface area contributed by atoms with Crippen molar-refractivity contribution < 1.29 is 0 Å². The molecule has 0 radical (unpaired) electrons. The van der Waals surface area contributed by atoms with Crippen molar-refractivity contribution in [1.29, 1.82) is 0 Å². The Bertz CT molecular complexity index is 402. The molecule has 0 saturated heterocycles. The van der Waals surface area contributed by atoms with Crippen molar-refractivity contribution in [2.75, 3.05) is 18.0 Å². The largest absolute Gasteiger partial charge is 0.341 e. The molecule has 2 rings (SSSR count). The molecule has 0 aromatic carbocycles. The van der Waals surface area contributed by atoms with Crippen molar-refractivity contribution in [1.82, 2.24) is 14.8 Å². The number of nitrogens with one attached hydrogen (secondary N) is 1. The van der Waals surface area contributed by atoms with Crippen LogP contribution in [0.1, 0.15) is 39.7 Å². The van der Waals surface area contributed by atoms with E-state index in [0.717, 1.165) is 23.8 Å². The lowest BCUT2D eigenvalue weighted by molar-refractivity contribution is 0.591. The Balaban J connectivity index is 2.26. The molecule has 1 N–H and O–H groups in total. The predicted octanol–water partition coefficient (Wildman–Crippen LogP) is 2.76. The zero-order valence-corrected chi connectivity index (χ0v) is 11.0. The maximum Gasteiger partial charge on any atom is 0.225 e. The minimum atomic E-state index is 0.586. The van der Waals surface area contributed by atoms with Crippen molar-refractivity contribution in [3.8, 4) is 0 Å². The predicted molar refractivity (Wildman–Crippen MR) is 68.4 cm³/mol. The molecule has 0 amide bonds. The summed E-state index contributed by atoms with van der Waals surface area (Å²) in [5.41, 5.74) is 0. The van der Waals surface area contributed by atoms with Crippen molar-refractivity contribution in [2.45, 2.75) is 39.7 Å². The standard InChI is InChI=1S/C11H20N4S/c1-4-14(7-8(2)3)10-12-13-11(16)15(10)9-5-6-9/h8-9H,4-7H2,1-3H3,(H,13,16). The second-order valence-corrected chi connectivity index (χ2v) is 5.25. The van der Waals surface area contributed by atoms with Gasteiger partial charge in [-0.05, 0) is 37.9 Å². The summed E-state index contributed by atoms with van der Waals surface area (Å²) in [7, 11) is 0. The van der Waals surface area contributed by atoms with Crippen molar-refractivity contribution >= 4 is 18.2 Å². The first-order valence-corrected chi connectivity index (χ1v) is 6.46. The Hall–Kier alpha value is -0.840. The van der Waals surface area contributed by atoms with Gasteiger partial charge in [0.25, 0.3) is 0 Å². The molecule has 16 heavy (non-hydrogen) atoms. The summed E-state index contributed by atoms with van der Waals surface area (Å²) in [4.78, 5) is 2.30. The van der Waals surface area contributed by atoms with Crippen LogP contribution < -0.4 is 4.90 Å². The number of hydrogen-bond donors (Lipinski definition) is 1. The number of aromatic amines is 1. The molecule has 0 spiro atoms. The van der Waals surface area contributed by atoms with Gasteiger partial charge in [-0.3, -0.25) is 4.57 Å². The van der Waals surface area contributed by atoms with E-state index in [2.05, 4.69) is 40.4 Å². The van der Waals surface area contributed by atoms with Crippen LogP contribution in [0.4, 0.5) is 5.95 Å². The van der Waals surface area contributed by atoms with Gasteiger partial charge < -0.3 is 4.90 Å². The highest BCUT2D eigenvalue weighted by Gasteiger charge is 2.29. The number of rotatable bonds is 5. The average molecular weight is 240 g/mol. The fourth-order valence-corrected chi connectivity index (χ4v) is 2.25. The molecule has 90 valence electrons. The smallest absolute Gasteiger partial charge is 0.225 e. The Morgan fingerprint density at radius 3 is 2.75 bits per heavy atom. The summed E-state index contributed by atoms with van der Waals surface area (Å²) < 4.78 is 2.95. The van der Waals surface area contributed by atoms with Crippen LogP contribution >= 0.6 is 12.2 Å². The monoisotopic (exact) mass is 240 g/mol. The SMILES string of the molecule is CCN(CC(C)C)c1n[nH]c(=S)n1C1CC1. The fourth-order valence-electron chi connectivity index (χ4n) is 1.97. The van der Waals surface area contributed by atoms with E-state index < -0.39 is 0 Å². The van der Waals surface area contributed by atoms with Crippen LogP contribution in [-0.2, 0) is 0 Å². The number of nitrogens with zero attached hydrogens (tertiary/aromatic N) is 3. The molecule has 0 aliphatic heterocycles. The summed E-state index contributed by atoms with van der Waals surface area (Å²) in [6, 6.07) is 0.586. The van der Waals surface area contributed by atoms with E-state index in [9.17, 15) is 0 Å². The van der Waals surface area contributed by atoms with Crippen LogP contribution in [0.3, 0.4) is 0 Å². The molecule has 0 unspecified atom stereocenters. The zero-order valence-electron chi connectivity index (χ0n) is 10.2.